The van der Waals surface area contributed by atoms with Crippen LogP contribution in [0.4, 0.5) is 0 Å². The van der Waals surface area contributed by atoms with Crippen LogP contribution in [-0.2, 0) is 0 Å². The molecule has 1 aliphatic carbocycles. The van der Waals surface area contributed by atoms with Gasteiger partial charge in [0.1, 0.15) is 0 Å². The first-order valence-corrected chi connectivity index (χ1v) is 9.80. The van der Waals surface area contributed by atoms with Gasteiger partial charge in [-0.1, -0.05) is 38.3 Å². The molecular formula is C20H27NOS. The molecular weight excluding hydrogens is 302 g/mol. The summed E-state index contributed by atoms with van der Waals surface area (Å²) in [6.07, 6.45) is 10.6. The fraction of sp³-hybridized carbons (Fsp3) is 0.550. The molecule has 1 saturated carbocycles. The molecule has 1 N–H and O–H groups in total. The molecule has 2 aromatic rings. The normalized spacial score (nSPS) is 24.7. The zero-order valence-corrected chi connectivity index (χ0v) is 14.8. The van der Waals surface area contributed by atoms with E-state index in [-0.39, 0.29) is 0 Å². The molecule has 3 heteroatoms. The summed E-state index contributed by atoms with van der Waals surface area (Å²) in [5.41, 5.74) is 1.99. The number of pyridine rings is 1. The van der Waals surface area contributed by atoms with E-state index < -0.39 is 5.60 Å². The molecule has 0 spiro atoms. The van der Waals surface area contributed by atoms with E-state index >= 15 is 0 Å². The molecule has 0 atom stereocenters. The lowest BCUT2D eigenvalue weighted by atomic mass is 9.75. The molecule has 0 amide bonds. The van der Waals surface area contributed by atoms with E-state index in [0.29, 0.717) is 5.92 Å². The summed E-state index contributed by atoms with van der Waals surface area (Å²) in [7, 11) is 0. The Labute approximate surface area is 143 Å². The Hall–Kier alpha value is -1.19. The standard InChI is InChI=1S/C20H27NOS/c1-2-3-4-11-20(22)12-9-16(10-13-20)18-8-7-17(15-21-18)19-6-5-14-23-19/h5-8,14-16,22H,2-4,9-13H2,1H3. The van der Waals surface area contributed by atoms with Crippen LogP contribution >= 0.6 is 11.3 Å². The molecule has 23 heavy (non-hydrogen) atoms. The highest BCUT2D eigenvalue weighted by Crippen LogP contribution is 2.40. The van der Waals surface area contributed by atoms with Gasteiger partial charge in [0.25, 0.3) is 0 Å². The van der Waals surface area contributed by atoms with Gasteiger partial charge in [0.15, 0.2) is 0 Å². The zero-order chi connectivity index (χ0) is 16.1. The maximum absolute atomic E-state index is 10.7. The average Bonchev–Trinajstić information content (AvgIpc) is 3.11. The molecule has 2 aromatic heterocycles. The van der Waals surface area contributed by atoms with Gasteiger partial charge < -0.3 is 5.11 Å². The van der Waals surface area contributed by atoms with Gasteiger partial charge in [0, 0.05) is 28.2 Å². The van der Waals surface area contributed by atoms with Gasteiger partial charge in [0.2, 0.25) is 0 Å². The van der Waals surface area contributed by atoms with Crippen LogP contribution in [0.2, 0.25) is 0 Å². The quantitative estimate of drug-likeness (QED) is 0.681. The molecule has 3 rings (SSSR count). The van der Waals surface area contributed by atoms with Gasteiger partial charge in [-0.2, -0.15) is 0 Å². The molecule has 0 aliphatic heterocycles. The first-order valence-electron chi connectivity index (χ1n) is 8.92. The van der Waals surface area contributed by atoms with Crippen molar-refractivity contribution >= 4 is 11.3 Å². The monoisotopic (exact) mass is 329 g/mol. The van der Waals surface area contributed by atoms with E-state index in [9.17, 15) is 5.11 Å². The summed E-state index contributed by atoms with van der Waals surface area (Å²) in [5, 5.41) is 12.8. The van der Waals surface area contributed by atoms with Crippen LogP contribution in [0.1, 0.15) is 69.9 Å². The van der Waals surface area contributed by atoms with Gasteiger partial charge in [0.05, 0.1) is 5.60 Å². The minimum absolute atomic E-state index is 0.414. The van der Waals surface area contributed by atoms with Crippen LogP contribution in [0, 0.1) is 0 Å². The van der Waals surface area contributed by atoms with E-state index in [4.69, 9.17) is 4.98 Å². The fourth-order valence-electron chi connectivity index (χ4n) is 3.64. The SMILES string of the molecule is CCCCCC1(O)CCC(c2ccc(-c3cccs3)cn2)CC1. The minimum atomic E-state index is -0.414. The largest absolute Gasteiger partial charge is 0.390 e. The van der Waals surface area contributed by atoms with Crippen molar-refractivity contribution in [1.82, 2.24) is 4.98 Å². The highest BCUT2D eigenvalue weighted by molar-refractivity contribution is 7.13. The molecule has 124 valence electrons. The Morgan fingerprint density at radius 3 is 2.65 bits per heavy atom. The van der Waals surface area contributed by atoms with Crippen LogP contribution in [0.3, 0.4) is 0 Å². The number of hydrogen-bond donors (Lipinski definition) is 1. The second-order valence-electron chi connectivity index (χ2n) is 6.90. The van der Waals surface area contributed by atoms with E-state index in [1.165, 1.54) is 29.0 Å². The van der Waals surface area contributed by atoms with Gasteiger partial charge >= 0.3 is 0 Å². The summed E-state index contributed by atoms with van der Waals surface area (Å²) < 4.78 is 0. The molecule has 2 nitrogen and oxygen atoms in total. The lowest BCUT2D eigenvalue weighted by molar-refractivity contribution is -0.0107. The van der Waals surface area contributed by atoms with Crippen LogP contribution in [0.15, 0.2) is 35.8 Å². The lowest BCUT2D eigenvalue weighted by Crippen LogP contribution is -2.33. The van der Waals surface area contributed by atoms with Crippen LogP contribution in [-0.4, -0.2) is 15.7 Å². The summed E-state index contributed by atoms with van der Waals surface area (Å²) in [5.74, 6) is 0.513. The van der Waals surface area contributed by atoms with E-state index in [0.717, 1.165) is 38.5 Å². The second-order valence-corrected chi connectivity index (χ2v) is 7.85. The number of rotatable bonds is 6. The highest BCUT2D eigenvalue weighted by Gasteiger charge is 2.33. The molecule has 1 aliphatic rings. The topological polar surface area (TPSA) is 33.1 Å². The third-order valence-electron chi connectivity index (χ3n) is 5.17. The predicted molar refractivity (Wildman–Crippen MR) is 97.9 cm³/mol. The Balaban J connectivity index is 1.57. The predicted octanol–water partition coefficient (Wildman–Crippen LogP) is 5.78. The third-order valence-corrected chi connectivity index (χ3v) is 6.09. The van der Waals surface area contributed by atoms with E-state index in [1.807, 2.05) is 6.20 Å². The van der Waals surface area contributed by atoms with Crippen molar-refractivity contribution in [1.29, 1.82) is 0 Å². The van der Waals surface area contributed by atoms with Crippen molar-refractivity contribution in [3.05, 3.63) is 41.5 Å². The highest BCUT2D eigenvalue weighted by atomic mass is 32.1. The van der Waals surface area contributed by atoms with Crippen molar-refractivity contribution in [3.8, 4) is 10.4 Å². The molecule has 0 radical (unpaired) electrons. The number of unbranched alkanes of at least 4 members (excludes halogenated alkanes) is 2. The minimum Gasteiger partial charge on any atom is -0.390 e. The molecule has 0 aromatic carbocycles. The molecule has 0 saturated heterocycles. The van der Waals surface area contributed by atoms with Crippen LogP contribution < -0.4 is 0 Å². The fourth-order valence-corrected chi connectivity index (χ4v) is 4.36. The van der Waals surface area contributed by atoms with Gasteiger partial charge in [-0.25, -0.2) is 0 Å². The number of nitrogens with zero attached hydrogens (tertiary/aromatic N) is 1. The summed E-state index contributed by atoms with van der Waals surface area (Å²) in [4.78, 5) is 5.98. The number of aliphatic hydroxyl groups is 1. The Kier molecular flexibility index (Phi) is 5.50. The van der Waals surface area contributed by atoms with Crippen molar-refractivity contribution < 1.29 is 5.11 Å². The van der Waals surface area contributed by atoms with Crippen molar-refractivity contribution in [2.45, 2.75) is 69.8 Å². The Morgan fingerprint density at radius 1 is 1.22 bits per heavy atom. The second kappa shape index (κ2) is 7.59. The third kappa shape index (κ3) is 4.21. The summed E-state index contributed by atoms with van der Waals surface area (Å²) in [6.45, 7) is 2.21. The van der Waals surface area contributed by atoms with Crippen molar-refractivity contribution in [2.75, 3.05) is 0 Å². The Morgan fingerprint density at radius 2 is 2.04 bits per heavy atom. The average molecular weight is 330 g/mol. The first-order chi connectivity index (χ1) is 11.2. The first kappa shape index (κ1) is 16.7. The van der Waals surface area contributed by atoms with E-state index in [2.05, 4.69) is 36.6 Å². The summed E-state index contributed by atoms with van der Waals surface area (Å²) in [6, 6.07) is 8.59. The van der Waals surface area contributed by atoms with Gasteiger partial charge in [-0.05, 0) is 49.6 Å². The number of thiophene rings is 1. The number of hydrogen-bond acceptors (Lipinski definition) is 3. The maximum Gasteiger partial charge on any atom is 0.0648 e. The summed E-state index contributed by atoms with van der Waals surface area (Å²) >= 11 is 1.75. The lowest BCUT2D eigenvalue weighted by Gasteiger charge is -2.36. The molecule has 0 bridgehead atoms. The maximum atomic E-state index is 10.7. The van der Waals surface area contributed by atoms with E-state index in [1.54, 1.807) is 11.3 Å². The molecule has 1 fully saturated rings. The van der Waals surface area contributed by atoms with Gasteiger partial charge in [-0.3, -0.25) is 4.98 Å². The van der Waals surface area contributed by atoms with Crippen LogP contribution in [0.5, 0.6) is 0 Å². The smallest absolute Gasteiger partial charge is 0.0648 e. The number of aromatic nitrogens is 1. The van der Waals surface area contributed by atoms with Crippen LogP contribution in [0.25, 0.3) is 10.4 Å². The molecule has 0 unspecified atom stereocenters. The zero-order valence-electron chi connectivity index (χ0n) is 14.0. The van der Waals surface area contributed by atoms with Crippen molar-refractivity contribution in [2.24, 2.45) is 0 Å². The Bertz CT molecular complexity index is 583. The van der Waals surface area contributed by atoms with Gasteiger partial charge in [-0.15, -0.1) is 11.3 Å². The molecule has 2 heterocycles. The van der Waals surface area contributed by atoms with Crippen molar-refractivity contribution in [3.63, 3.8) is 0 Å².